The van der Waals surface area contributed by atoms with Gasteiger partial charge >= 0.3 is 0 Å². The molecule has 8 heteroatoms. The minimum Gasteiger partial charge on any atom is -0.490 e. The number of rotatable bonds is 6. The van der Waals surface area contributed by atoms with E-state index in [4.69, 9.17) is 4.74 Å². The Labute approximate surface area is 147 Å². The Bertz CT molecular complexity index is 790. The van der Waals surface area contributed by atoms with Crippen LogP contribution in [-0.2, 0) is 11.0 Å². The molecule has 1 unspecified atom stereocenters. The number of aliphatic hydroxyl groups excluding tert-OH is 1. The molecular formula is C18H17F4NO3. The molecule has 1 aromatic carbocycles. The summed E-state index contributed by atoms with van der Waals surface area (Å²) in [5.74, 6) is -0.408. The predicted octanol–water partition coefficient (Wildman–Crippen LogP) is 2.61. The number of pyridine rings is 1. The van der Waals surface area contributed by atoms with E-state index in [2.05, 4.69) is 4.98 Å². The minimum absolute atomic E-state index is 0.0848. The van der Waals surface area contributed by atoms with Crippen LogP contribution in [0.5, 0.6) is 5.75 Å². The molecule has 4 nitrogen and oxygen atoms in total. The molecule has 1 aromatic heterocycles. The van der Waals surface area contributed by atoms with E-state index in [0.717, 1.165) is 18.2 Å². The van der Waals surface area contributed by atoms with E-state index in [9.17, 15) is 27.8 Å². The van der Waals surface area contributed by atoms with Crippen molar-refractivity contribution in [2.45, 2.75) is 11.0 Å². The maximum atomic E-state index is 13.6. The summed E-state index contributed by atoms with van der Waals surface area (Å²) in [7, 11) is 0. The molecule has 2 aromatic rings. The second-order valence-corrected chi connectivity index (χ2v) is 6.40. The fraction of sp³-hybridized carbons (Fsp3) is 0.389. The average Bonchev–Trinajstić information content (AvgIpc) is 3.06. The fourth-order valence-electron chi connectivity index (χ4n) is 2.85. The maximum absolute atomic E-state index is 13.6. The van der Waals surface area contributed by atoms with Crippen LogP contribution in [0.3, 0.4) is 0 Å². The summed E-state index contributed by atoms with van der Waals surface area (Å²) in [6, 6.07) is 6.24. The van der Waals surface area contributed by atoms with Crippen molar-refractivity contribution in [2.24, 2.45) is 0 Å². The fourth-order valence-corrected chi connectivity index (χ4v) is 2.85. The van der Waals surface area contributed by atoms with Gasteiger partial charge in [-0.2, -0.15) is 0 Å². The minimum atomic E-state index is -2.33. The molecule has 1 aliphatic rings. The van der Waals surface area contributed by atoms with Crippen LogP contribution >= 0.6 is 0 Å². The lowest BCUT2D eigenvalue weighted by molar-refractivity contribution is -0.0408. The van der Waals surface area contributed by atoms with Crippen molar-refractivity contribution in [2.75, 3.05) is 33.2 Å². The van der Waals surface area contributed by atoms with E-state index in [-0.39, 0.29) is 29.3 Å². The third-order valence-corrected chi connectivity index (χ3v) is 4.63. The van der Waals surface area contributed by atoms with Crippen molar-refractivity contribution in [3.63, 3.8) is 0 Å². The summed E-state index contributed by atoms with van der Waals surface area (Å²) >= 11 is 0. The number of ether oxygens (including phenoxy) is 1. The van der Waals surface area contributed by atoms with E-state index in [1.165, 1.54) is 12.1 Å². The number of hydrogen-bond donors (Lipinski definition) is 2. The average molecular weight is 371 g/mol. The molecule has 26 heavy (non-hydrogen) atoms. The topological polar surface area (TPSA) is 62.6 Å². The summed E-state index contributed by atoms with van der Waals surface area (Å²) in [5, 5.41) is 19.7. The van der Waals surface area contributed by atoms with E-state index >= 15 is 0 Å². The van der Waals surface area contributed by atoms with Crippen molar-refractivity contribution >= 4 is 0 Å². The maximum Gasteiger partial charge on any atom is 0.157 e. The number of nitrogens with zero attached hydrogens (tertiary/aromatic N) is 1. The van der Waals surface area contributed by atoms with Crippen molar-refractivity contribution < 1.29 is 32.5 Å². The number of aliphatic hydroxyl groups is 2. The van der Waals surface area contributed by atoms with Crippen molar-refractivity contribution in [1.29, 1.82) is 0 Å². The van der Waals surface area contributed by atoms with Gasteiger partial charge in [0.25, 0.3) is 0 Å². The van der Waals surface area contributed by atoms with Crippen LogP contribution in [0.4, 0.5) is 17.6 Å². The second-order valence-electron chi connectivity index (χ2n) is 6.40. The molecule has 1 aliphatic heterocycles. The zero-order valence-corrected chi connectivity index (χ0v) is 13.7. The molecule has 3 rings (SSSR count). The van der Waals surface area contributed by atoms with Crippen LogP contribution in [0, 0.1) is 5.82 Å². The van der Waals surface area contributed by atoms with Crippen molar-refractivity contribution in [1.82, 2.24) is 4.98 Å². The summed E-state index contributed by atoms with van der Waals surface area (Å²) in [5.41, 5.74) is -3.68. The molecule has 0 aliphatic carbocycles. The van der Waals surface area contributed by atoms with Gasteiger partial charge in [-0.25, -0.2) is 22.5 Å². The molecular weight excluding hydrogens is 354 g/mol. The predicted molar refractivity (Wildman–Crippen MR) is 85.7 cm³/mol. The van der Waals surface area contributed by atoms with Gasteiger partial charge in [0, 0.05) is 11.1 Å². The van der Waals surface area contributed by atoms with E-state index < -0.39 is 43.5 Å². The van der Waals surface area contributed by atoms with Gasteiger partial charge < -0.3 is 14.9 Å². The van der Waals surface area contributed by atoms with Gasteiger partial charge in [0.1, 0.15) is 43.9 Å². The lowest BCUT2D eigenvalue weighted by atomic mass is 9.83. The first-order chi connectivity index (χ1) is 12.4. The molecule has 2 heterocycles. The normalized spacial score (nSPS) is 17.5. The molecule has 140 valence electrons. The number of fused-ring (bicyclic) bond motifs is 1. The highest BCUT2D eigenvalue weighted by atomic mass is 19.1. The highest BCUT2D eigenvalue weighted by molar-refractivity contribution is 5.71. The van der Waals surface area contributed by atoms with Gasteiger partial charge in [-0.05, 0) is 30.3 Å². The first kappa shape index (κ1) is 18.6. The zero-order valence-electron chi connectivity index (χ0n) is 13.7. The lowest BCUT2D eigenvalue weighted by Crippen LogP contribution is -2.36. The van der Waals surface area contributed by atoms with Crippen LogP contribution in [0.2, 0.25) is 0 Å². The number of hydrogen-bond acceptors (Lipinski definition) is 4. The van der Waals surface area contributed by atoms with Gasteiger partial charge in [0.2, 0.25) is 0 Å². The van der Waals surface area contributed by atoms with Crippen molar-refractivity contribution in [3.8, 4) is 17.0 Å². The highest BCUT2D eigenvalue weighted by Crippen LogP contribution is 2.46. The Kier molecular flexibility index (Phi) is 4.90. The number of benzene rings is 1. The highest BCUT2D eigenvalue weighted by Gasteiger charge is 2.45. The summed E-state index contributed by atoms with van der Waals surface area (Å²) in [4.78, 5) is 4.15. The Morgan fingerprint density at radius 3 is 2.35 bits per heavy atom. The molecule has 0 saturated heterocycles. The smallest absolute Gasteiger partial charge is 0.157 e. The summed E-state index contributed by atoms with van der Waals surface area (Å²) in [6.07, 6.45) is 0. The molecule has 0 amide bonds. The standard InChI is InChI=1S/C18H17F4NO3/c19-6-17(7-20)10-26-16-13(17)5-14(18(25,8-21)9-24)23-15(16)11-1-3-12(22)4-2-11/h1-5,24-25H,6-10H2. The number of alkyl halides is 3. The van der Waals surface area contributed by atoms with E-state index in [1.807, 2.05) is 0 Å². The van der Waals surface area contributed by atoms with Crippen molar-refractivity contribution in [3.05, 3.63) is 47.4 Å². The van der Waals surface area contributed by atoms with Gasteiger partial charge in [-0.1, -0.05) is 0 Å². The largest absolute Gasteiger partial charge is 0.490 e. The Morgan fingerprint density at radius 2 is 1.81 bits per heavy atom. The van der Waals surface area contributed by atoms with Crippen LogP contribution in [0.25, 0.3) is 11.3 Å². The van der Waals surface area contributed by atoms with Gasteiger partial charge in [0.05, 0.1) is 17.7 Å². The SMILES string of the molecule is OCC(O)(CF)c1cc2c(c(-c3ccc(F)cc3)n1)OCC2(CF)CF. The third kappa shape index (κ3) is 2.83. The van der Waals surface area contributed by atoms with Gasteiger partial charge in [0.15, 0.2) is 5.60 Å². The van der Waals surface area contributed by atoms with Gasteiger partial charge in [-0.15, -0.1) is 0 Å². The summed E-state index contributed by atoms with van der Waals surface area (Å²) in [6.45, 7) is -4.76. The quantitative estimate of drug-likeness (QED) is 0.767. The first-order valence-electron chi connectivity index (χ1n) is 7.89. The van der Waals surface area contributed by atoms with Crippen LogP contribution in [-0.4, -0.2) is 48.4 Å². The molecule has 1 atom stereocenters. The third-order valence-electron chi connectivity index (χ3n) is 4.63. The van der Waals surface area contributed by atoms with Crippen LogP contribution < -0.4 is 4.74 Å². The zero-order chi connectivity index (χ0) is 18.9. The summed E-state index contributed by atoms with van der Waals surface area (Å²) < 4.78 is 59.3. The second kappa shape index (κ2) is 6.85. The van der Waals surface area contributed by atoms with Gasteiger partial charge in [-0.3, -0.25) is 0 Å². The molecule has 2 N–H and O–H groups in total. The van der Waals surface area contributed by atoms with E-state index in [0.29, 0.717) is 5.56 Å². The number of aromatic nitrogens is 1. The molecule has 0 saturated carbocycles. The molecule has 0 fully saturated rings. The van der Waals surface area contributed by atoms with Crippen LogP contribution in [0.15, 0.2) is 30.3 Å². The molecule has 0 bridgehead atoms. The molecule has 0 spiro atoms. The lowest BCUT2D eigenvalue weighted by Gasteiger charge is -2.25. The Hall–Kier alpha value is -2.19. The van der Waals surface area contributed by atoms with Crippen LogP contribution in [0.1, 0.15) is 11.3 Å². The number of halogens is 4. The Morgan fingerprint density at radius 1 is 1.15 bits per heavy atom. The first-order valence-corrected chi connectivity index (χ1v) is 7.89. The molecule has 0 radical (unpaired) electrons. The van der Waals surface area contributed by atoms with E-state index in [1.54, 1.807) is 0 Å². The monoisotopic (exact) mass is 371 g/mol. The Balaban J connectivity index is 2.27.